The first-order chi connectivity index (χ1) is 12.2. The van der Waals surface area contributed by atoms with E-state index in [9.17, 15) is 0 Å². The molecule has 2 atom stereocenters. The van der Waals surface area contributed by atoms with Crippen LogP contribution in [0.3, 0.4) is 0 Å². The van der Waals surface area contributed by atoms with E-state index in [1.165, 1.54) is 16.7 Å². The molecule has 4 rings (SSSR count). The predicted octanol–water partition coefficient (Wildman–Crippen LogP) is 4.76. The van der Waals surface area contributed by atoms with E-state index in [1.54, 1.807) is 17.2 Å². The Morgan fingerprint density at radius 2 is 1.76 bits per heavy atom. The van der Waals surface area contributed by atoms with Gasteiger partial charge in [-0.3, -0.25) is 0 Å². The molecule has 4 nitrogen and oxygen atoms in total. The molecular formula is C19H18Cl2N4. The summed E-state index contributed by atoms with van der Waals surface area (Å²) in [5.41, 5.74) is 4.79. The summed E-state index contributed by atoms with van der Waals surface area (Å²) in [6.07, 6.45) is 5.50. The zero-order valence-corrected chi connectivity index (χ0v) is 15.3. The molecule has 0 saturated heterocycles. The molecule has 0 bridgehead atoms. The lowest BCUT2D eigenvalue weighted by molar-refractivity contribution is 0.470. The number of rotatable bonds is 3. The molecule has 0 unspecified atom stereocenters. The highest BCUT2D eigenvalue weighted by Gasteiger charge is 2.28. The van der Waals surface area contributed by atoms with Gasteiger partial charge in [-0.15, -0.1) is 0 Å². The molecule has 6 heteroatoms. The third-order valence-corrected chi connectivity index (χ3v) is 5.65. The van der Waals surface area contributed by atoms with Gasteiger partial charge in [0.1, 0.15) is 0 Å². The smallest absolute Gasteiger partial charge is 0.0860 e. The quantitative estimate of drug-likeness (QED) is 0.720. The minimum atomic E-state index is 0.314. The fraction of sp³-hybridized carbons (Fsp3) is 0.263. The molecule has 3 aromatic rings. The minimum Gasteiger partial charge on any atom is -0.313 e. The molecule has 25 heavy (non-hydrogen) atoms. The number of nitrogens with one attached hydrogen (secondary N) is 1. The second-order valence-electron chi connectivity index (χ2n) is 6.28. The Balaban J connectivity index is 1.80. The maximum Gasteiger partial charge on any atom is 0.0860 e. The lowest BCUT2D eigenvalue weighted by Crippen LogP contribution is -2.24. The summed E-state index contributed by atoms with van der Waals surface area (Å²) in [5.74, 6) is 0.314. The summed E-state index contributed by atoms with van der Waals surface area (Å²) < 4.78 is 0. The van der Waals surface area contributed by atoms with Crippen LogP contribution in [-0.2, 0) is 0 Å². The Morgan fingerprint density at radius 3 is 2.48 bits per heavy atom. The SMILES string of the molecule is CN[C@H]1CC[C@@H](c2ccc(Cl)c(Cl)c2)c2ccc(-n3nccn3)cc21. The van der Waals surface area contributed by atoms with E-state index in [4.69, 9.17) is 23.2 Å². The lowest BCUT2D eigenvalue weighted by Gasteiger charge is -2.32. The maximum atomic E-state index is 6.24. The Bertz CT molecular complexity index is 892. The molecule has 1 aromatic heterocycles. The van der Waals surface area contributed by atoms with E-state index < -0.39 is 0 Å². The van der Waals surface area contributed by atoms with Gasteiger partial charge in [-0.05, 0) is 60.8 Å². The summed E-state index contributed by atoms with van der Waals surface area (Å²) in [4.78, 5) is 1.65. The Morgan fingerprint density at radius 1 is 0.960 bits per heavy atom. The molecular weight excluding hydrogens is 355 g/mol. The van der Waals surface area contributed by atoms with Gasteiger partial charge in [-0.1, -0.05) is 35.3 Å². The van der Waals surface area contributed by atoms with Gasteiger partial charge in [0.25, 0.3) is 0 Å². The van der Waals surface area contributed by atoms with Gasteiger partial charge in [0.05, 0.1) is 28.1 Å². The van der Waals surface area contributed by atoms with Crippen LogP contribution in [-0.4, -0.2) is 22.0 Å². The van der Waals surface area contributed by atoms with Gasteiger partial charge in [-0.2, -0.15) is 15.0 Å². The number of hydrogen-bond donors (Lipinski definition) is 1. The Hall–Kier alpha value is -1.88. The van der Waals surface area contributed by atoms with Gasteiger partial charge in [0.15, 0.2) is 0 Å². The highest BCUT2D eigenvalue weighted by molar-refractivity contribution is 6.42. The highest BCUT2D eigenvalue weighted by atomic mass is 35.5. The van der Waals surface area contributed by atoms with Crippen LogP contribution in [0, 0.1) is 0 Å². The molecule has 1 aliphatic rings. The first-order valence-electron chi connectivity index (χ1n) is 8.30. The molecule has 1 heterocycles. The van der Waals surface area contributed by atoms with Crippen molar-refractivity contribution in [3.8, 4) is 5.69 Å². The lowest BCUT2D eigenvalue weighted by atomic mass is 9.76. The Kier molecular flexibility index (Phi) is 4.50. The normalized spacial score (nSPS) is 19.6. The van der Waals surface area contributed by atoms with Crippen molar-refractivity contribution in [2.75, 3.05) is 7.05 Å². The standard InChI is InChI=1S/C19H18Cl2N4/c1-22-19-7-5-14(12-2-6-17(20)18(21)10-12)15-4-3-13(11-16(15)19)25-23-8-9-24-25/h2-4,6,8-11,14,19,22H,5,7H2,1H3/t14-,19-/m0/s1. The van der Waals surface area contributed by atoms with Crippen molar-refractivity contribution in [2.45, 2.75) is 24.8 Å². The van der Waals surface area contributed by atoms with Crippen molar-refractivity contribution in [2.24, 2.45) is 0 Å². The summed E-state index contributed by atoms with van der Waals surface area (Å²) in [5, 5.41) is 13.1. The predicted molar refractivity (Wildman–Crippen MR) is 101 cm³/mol. The van der Waals surface area contributed by atoms with Crippen molar-refractivity contribution < 1.29 is 0 Å². The van der Waals surface area contributed by atoms with Crippen LogP contribution in [0.15, 0.2) is 48.8 Å². The van der Waals surface area contributed by atoms with Crippen molar-refractivity contribution in [1.29, 1.82) is 0 Å². The molecule has 0 saturated carbocycles. The van der Waals surface area contributed by atoms with Crippen LogP contribution in [0.2, 0.25) is 10.0 Å². The zero-order valence-electron chi connectivity index (χ0n) is 13.8. The molecule has 0 aliphatic heterocycles. The number of fused-ring (bicyclic) bond motifs is 1. The van der Waals surface area contributed by atoms with Crippen molar-refractivity contribution in [1.82, 2.24) is 20.3 Å². The van der Waals surface area contributed by atoms with Gasteiger partial charge in [-0.25, -0.2) is 0 Å². The fourth-order valence-corrected chi connectivity index (χ4v) is 3.98. The van der Waals surface area contributed by atoms with Crippen LogP contribution >= 0.6 is 23.2 Å². The molecule has 1 aliphatic carbocycles. The van der Waals surface area contributed by atoms with Gasteiger partial charge >= 0.3 is 0 Å². The number of aromatic nitrogens is 3. The second kappa shape index (κ2) is 6.79. The van der Waals surface area contributed by atoms with E-state index >= 15 is 0 Å². The zero-order chi connectivity index (χ0) is 17.4. The van der Waals surface area contributed by atoms with E-state index in [0.29, 0.717) is 22.0 Å². The van der Waals surface area contributed by atoms with Crippen molar-refractivity contribution in [3.63, 3.8) is 0 Å². The topological polar surface area (TPSA) is 42.7 Å². The molecule has 0 radical (unpaired) electrons. The first-order valence-corrected chi connectivity index (χ1v) is 9.05. The van der Waals surface area contributed by atoms with E-state index in [0.717, 1.165) is 18.5 Å². The van der Waals surface area contributed by atoms with Gasteiger partial charge in [0.2, 0.25) is 0 Å². The first kappa shape index (κ1) is 16.6. The average Bonchev–Trinajstić information content (AvgIpc) is 3.17. The van der Waals surface area contributed by atoms with Gasteiger partial charge < -0.3 is 5.32 Å². The maximum absolute atomic E-state index is 6.24. The fourth-order valence-electron chi connectivity index (χ4n) is 3.67. The third-order valence-electron chi connectivity index (χ3n) is 4.91. The number of nitrogens with zero attached hydrogens (tertiary/aromatic N) is 3. The van der Waals surface area contributed by atoms with Crippen LogP contribution < -0.4 is 5.32 Å². The van der Waals surface area contributed by atoms with Crippen molar-refractivity contribution in [3.05, 3.63) is 75.5 Å². The van der Waals surface area contributed by atoms with Crippen molar-refractivity contribution >= 4 is 23.2 Å². The van der Waals surface area contributed by atoms with E-state index in [2.05, 4.69) is 39.8 Å². The van der Waals surface area contributed by atoms with Crippen LogP contribution in [0.1, 0.15) is 41.5 Å². The molecule has 1 N–H and O–H groups in total. The summed E-state index contributed by atoms with van der Waals surface area (Å²) >= 11 is 12.3. The molecule has 2 aromatic carbocycles. The largest absolute Gasteiger partial charge is 0.313 e. The summed E-state index contributed by atoms with van der Waals surface area (Å²) in [6, 6.07) is 12.7. The molecule has 128 valence electrons. The Labute approximate surface area is 156 Å². The number of benzene rings is 2. The number of halogens is 2. The monoisotopic (exact) mass is 372 g/mol. The molecule has 0 spiro atoms. The summed E-state index contributed by atoms with van der Waals surface area (Å²) in [7, 11) is 2.01. The second-order valence-corrected chi connectivity index (χ2v) is 7.09. The highest BCUT2D eigenvalue weighted by Crippen LogP contribution is 2.42. The van der Waals surface area contributed by atoms with Crippen LogP contribution in [0.5, 0.6) is 0 Å². The van der Waals surface area contributed by atoms with Gasteiger partial charge in [0, 0.05) is 12.0 Å². The van der Waals surface area contributed by atoms with E-state index in [-0.39, 0.29) is 0 Å². The summed E-state index contributed by atoms with van der Waals surface area (Å²) in [6.45, 7) is 0. The minimum absolute atomic E-state index is 0.314. The number of hydrogen-bond acceptors (Lipinski definition) is 3. The average molecular weight is 373 g/mol. The third kappa shape index (κ3) is 3.06. The van der Waals surface area contributed by atoms with Crippen LogP contribution in [0.25, 0.3) is 5.69 Å². The van der Waals surface area contributed by atoms with E-state index in [1.807, 2.05) is 19.2 Å². The molecule has 0 fully saturated rings. The molecule has 0 amide bonds. The van der Waals surface area contributed by atoms with Crippen LogP contribution in [0.4, 0.5) is 0 Å².